The zero-order chi connectivity index (χ0) is 14.6. The van der Waals surface area contributed by atoms with Crippen molar-refractivity contribution in [2.24, 2.45) is 0 Å². The summed E-state index contributed by atoms with van der Waals surface area (Å²) < 4.78 is 42.8. The predicted molar refractivity (Wildman–Crippen MR) is 68.3 cm³/mol. The van der Waals surface area contributed by atoms with Gasteiger partial charge in [-0.1, -0.05) is 30.3 Å². The van der Waals surface area contributed by atoms with Gasteiger partial charge in [-0.2, -0.15) is 13.2 Å². The largest absolute Gasteiger partial charge is 0.401 e. The van der Waals surface area contributed by atoms with Gasteiger partial charge in [-0.25, -0.2) is 0 Å². The number of nitrogens with zero attached hydrogens (tertiary/aromatic N) is 1. The summed E-state index contributed by atoms with van der Waals surface area (Å²) in [5, 5.41) is 10.1. The summed E-state index contributed by atoms with van der Waals surface area (Å²) >= 11 is 0. The van der Waals surface area contributed by atoms with Crippen molar-refractivity contribution in [1.29, 1.82) is 0 Å². The fourth-order valence-corrected chi connectivity index (χ4v) is 2.41. The third-order valence-electron chi connectivity index (χ3n) is 3.41. The average molecular weight is 289 g/mol. The van der Waals surface area contributed by atoms with Crippen LogP contribution in [0.3, 0.4) is 0 Å². The highest BCUT2D eigenvalue weighted by Gasteiger charge is 2.36. The summed E-state index contributed by atoms with van der Waals surface area (Å²) in [6.45, 7) is -0.192. The summed E-state index contributed by atoms with van der Waals surface area (Å²) in [6.07, 6.45) is -4.77. The quantitative estimate of drug-likeness (QED) is 0.923. The predicted octanol–water partition coefficient (Wildman–Crippen LogP) is 2.37. The molecule has 1 heterocycles. The van der Waals surface area contributed by atoms with E-state index < -0.39 is 24.9 Å². The average Bonchev–Trinajstić information content (AvgIpc) is 2.40. The van der Waals surface area contributed by atoms with E-state index in [1.807, 2.05) is 6.07 Å². The standard InChI is InChI=1S/C14H18F3NO2/c15-14(16,17)10-18-6-7-20-9-12(18)8-13(19)11-4-2-1-3-5-11/h1-5,12-13,19H,6-10H2. The van der Waals surface area contributed by atoms with Gasteiger partial charge in [-0.05, 0) is 12.0 Å². The number of hydrogen-bond donors (Lipinski definition) is 1. The minimum Gasteiger partial charge on any atom is -0.388 e. The molecule has 0 amide bonds. The number of hydrogen-bond acceptors (Lipinski definition) is 3. The first-order valence-electron chi connectivity index (χ1n) is 6.57. The third-order valence-corrected chi connectivity index (χ3v) is 3.41. The van der Waals surface area contributed by atoms with E-state index in [1.165, 1.54) is 4.90 Å². The van der Waals surface area contributed by atoms with Gasteiger partial charge in [0.15, 0.2) is 0 Å². The second-order valence-corrected chi connectivity index (χ2v) is 4.98. The molecule has 20 heavy (non-hydrogen) atoms. The van der Waals surface area contributed by atoms with Gasteiger partial charge < -0.3 is 9.84 Å². The number of halogens is 3. The van der Waals surface area contributed by atoms with Crippen LogP contribution in [-0.4, -0.2) is 48.5 Å². The van der Waals surface area contributed by atoms with Crippen LogP contribution in [0.1, 0.15) is 18.1 Å². The van der Waals surface area contributed by atoms with Crippen LogP contribution in [0, 0.1) is 0 Å². The minimum atomic E-state index is -4.23. The smallest absolute Gasteiger partial charge is 0.388 e. The molecule has 1 saturated heterocycles. The first kappa shape index (κ1) is 15.3. The molecular formula is C14H18F3NO2. The molecule has 0 spiro atoms. The van der Waals surface area contributed by atoms with Crippen molar-refractivity contribution in [3.8, 4) is 0 Å². The van der Waals surface area contributed by atoms with Crippen LogP contribution in [0.5, 0.6) is 0 Å². The Labute approximate surface area is 116 Å². The van der Waals surface area contributed by atoms with Crippen LogP contribution in [0.15, 0.2) is 30.3 Å². The lowest BCUT2D eigenvalue weighted by Crippen LogP contribution is -2.49. The zero-order valence-electron chi connectivity index (χ0n) is 11.0. The summed E-state index contributed by atoms with van der Waals surface area (Å²) in [5.74, 6) is 0. The zero-order valence-corrected chi connectivity index (χ0v) is 11.0. The highest BCUT2D eigenvalue weighted by atomic mass is 19.4. The molecule has 1 aliphatic rings. The van der Waals surface area contributed by atoms with Gasteiger partial charge >= 0.3 is 6.18 Å². The first-order chi connectivity index (χ1) is 9.46. The molecule has 0 radical (unpaired) electrons. The van der Waals surface area contributed by atoms with Crippen LogP contribution < -0.4 is 0 Å². The molecule has 3 nitrogen and oxygen atoms in total. The Morgan fingerprint density at radius 3 is 2.65 bits per heavy atom. The maximum Gasteiger partial charge on any atom is 0.401 e. The third kappa shape index (κ3) is 4.47. The molecule has 1 fully saturated rings. The number of morpholine rings is 1. The highest BCUT2D eigenvalue weighted by molar-refractivity contribution is 5.17. The van der Waals surface area contributed by atoms with Crippen molar-refractivity contribution < 1.29 is 23.0 Å². The minimum absolute atomic E-state index is 0.222. The molecule has 0 bridgehead atoms. The monoisotopic (exact) mass is 289 g/mol. The van der Waals surface area contributed by atoms with Gasteiger partial charge in [0.05, 0.1) is 25.9 Å². The van der Waals surface area contributed by atoms with E-state index in [9.17, 15) is 18.3 Å². The van der Waals surface area contributed by atoms with Crippen LogP contribution in [-0.2, 0) is 4.74 Å². The van der Waals surface area contributed by atoms with E-state index in [0.29, 0.717) is 12.2 Å². The fourth-order valence-electron chi connectivity index (χ4n) is 2.41. The topological polar surface area (TPSA) is 32.7 Å². The van der Waals surface area contributed by atoms with Crippen molar-refractivity contribution >= 4 is 0 Å². The highest BCUT2D eigenvalue weighted by Crippen LogP contribution is 2.25. The normalized spacial score (nSPS) is 22.7. The van der Waals surface area contributed by atoms with Crippen molar-refractivity contribution in [3.05, 3.63) is 35.9 Å². The van der Waals surface area contributed by atoms with Gasteiger partial charge in [0, 0.05) is 12.6 Å². The second kappa shape index (κ2) is 6.56. The molecule has 0 aromatic heterocycles. The SMILES string of the molecule is OC(CC1COCCN1CC(F)(F)F)c1ccccc1. The Hall–Kier alpha value is -1.11. The van der Waals surface area contributed by atoms with Crippen molar-refractivity contribution in [3.63, 3.8) is 0 Å². The number of benzene rings is 1. The number of ether oxygens (including phenoxy) is 1. The van der Waals surface area contributed by atoms with Gasteiger partial charge in [0.1, 0.15) is 0 Å². The molecule has 6 heteroatoms. The van der Waals surface area contributed by atoms with Gasteiger partial charge in [0.2, 0.25) is 0 Å². The molecule has 2 atom stereocenters. The molecule has 2 unspecified atom stereocenters. The van der Waals surface area contributed by atoms with Crippen LogP contribution in [0.25, 0.3) is 0 Å². The molecule has 1 aromatic rings. The van der Waals surface area contributed by atoms with Crippen LogP contribution in [0.2, 0.25) is 0 Å². The molecule has 0 aliphatic carbocycles. The van der Waals surface area contributed by atoms with E-state index in [2.05, 4.69) is 0 Å². The van der Waals surface area contributed by atoms with E-state index in [0.717, 1.165) is 0 Å². The Morgan fingerprint density at radius 2 is 2.00 bits per heavy atom. The number of aliphatic hydroxyl groups is 1. The fraction of sp³-hybridized carbons (Fsp3) is 0.571. The van der Waals surface area contributed by atoms with Crippen molar-refractivity contribution in [2.75, 3.05) is 26.3 Å². The first-order valence-corrected chi connectivity index (χ1v) is 6.57. The summed E-state index contributed by atoms with van der Waals surface area (Å²) in [6, 6.07) is 8.54. The molecule has 0 saturated carbocycles. The summed E-state index contributed by atoms with van der Waals surface area (Å²) in [5.41, 5.74) is 0.713. The van der Waals surface area contributed by atoms with Crippen LogP contribution in [0.4, 0.5) is 13.2 Å². The molecule has 2 rings (SSSR count). The van der Waals surface area contributed by atoms with Crippen molar-refractivity contribution in [1.82, 2.24) is 4.90 Å². The van der Waals surface area contributed by atoms with E-state index in [4.69, 9.17) is 4.74 Å². The van der Waals surface area contributed by atoms with Gasteiger partial charge in [-0.15, -0.1) is 0 Å². The van der Waals surface area contributed by atoms with Gasteiger partial charge in [-0.3, -0.25) is 4.90 Å². The lowest BCUT2D eigenvalue weighted by atomic mass is 10.0. The lowest BCUT2D eigenvalue weighted by molar-refractivity contribution is -0.164. The Kier molecular flexibility index (Phi) is 5.01. The van der Waals surface area contributed by atoms with E-state index >= 15 is 0 Å². The maximum atomic E-state index is 12.5. The Morgan fingerprint density at radius 1 is 1.30 bits per heavy atom. The number of aliphatic hydroxyl groups excluding tert-OH is 1. The summed E-state index contributed by atoms with van der Waals surface area (Å²) in [7, 11) is 0. The second-order valence-electron chi connectivity index (χ2n) is 4.98. The number of alkyl halides is 3. The van der Waals surface area contributed by atoms with Gasteiger partial charge in [0.25, 0.3) is 0 Å². The number of rotatable bonds is 4. The molecular weight excluding hydrogens is 271 g/mol. The summed E-state index contributed by atoms with van der Waals surface area (Å²) in [4.78, 5) is 1.34. The molecule has 1 N–H and O–H groups in total. The Bertz CT molecular complexity index is 411. The Balaban J connectivity index is 1.98. The molecule has 112 valence electrons. The lowest BCUT2D eigenvalue weighted by Gasteiger charge is -2.36. The molecule has 1 aliphatic heterocycles. The van der Waals surface area contributed by atoms with Crippen molar-refractivity contribution in [2.45, 2.75) is 24.7 Å². The molecule has 1 aromatic carbocycles. The van der Waals surface area contributed by atoms with E-state index in [-0.39, 0.29) is 19.6 Å². The maximum absolute atomic E-state index is 12.5. The van der Waals surface area contributed by atoms with Crippen LogP contribution >= 0.6 is 0 Å². The van der Waals surface area contributed by atoms with E-state index in [1.54, 1.807) is 24.3 Å².